The summed E-state index contributed by atoms with van der Waals surface area (Å²) >= 11 is 0. The summed E-state index contributed by atoms with van der Waals surface area (Å²) < 4.78 is 101. The van der Waals surface area contributed by atoms with E-state index in [9.17, 15) is 26.3 Å². The molecule has 0 bridgehead atoms. The van der Waals surface area contributed by atoms with Gasteiger partial charge < -0.3 is 18.9 Å². The first-order valence-electron chi connectivity index (χ1n) is 9.02. The molecular formula is C20H16F6O4. The number of hydrogen-bond acceptors (Lipinski definition) is 4. The molecule has 2 atom stereocenters. The third kappa shape index (κ3) is 4.52. The molecule has 0 radical (unpaired) electrons. The van der Waals surface area contributed by atoms with Crippen molar-refractivity contribution in [2.24, 2.45) is 0 Å². The molecule has 0 spiro atoms. The van der Waals surface area contributed by atoms with E-state index in [0.717, 1.165) is 0 Å². The van der Waals surface area contributed by atoms with Crippen molar-refractivity contribution in [2.45, 2.75) is 37.0 Å². The van der Waals surface area contributed by atoms with Crippen molar-refractivity contribution in [3.05, 3.63) is 47.5 Å². The Bertz CT molecular complexity index is 849. The highest BCUT2D eigenvalue weighted by Crippen LogP contribution is 2.49. The minimum absolute atomic E-state index is 0.0866. The third-order valence-corrected chi connectivity index (χ3v) is 5.04. The summed E-state index contributed by atoms with van der Waals surface area (Å²) in [6.07, 6.45) is -12.2. The smallest absolute Gasteiger partial charge is 0.389 e. The van der Waals surface area contributed by atoms with Gasteiger partial charge in [-0.2, -0.15) is 26.3 Å². The quantitative estimate of drug-likeness (QED) is 0.548. The third-order valence-electron chi connectivity index (χ3n) is 5.04. The SMILES string of the molecule is FC(F)(F)CC(c1ccc2c(c1)OCO2)C(CC(F)(F)F)c1ccc2c(c1)OCO2. The van der Waals surface area contributed by atoms with Gasteiger partial charge in [0.1, 0.15) is 0 Å². The lowest BCUT2D eigenvalue weighted by Gasteiger charge is -2.30. The van der Waals surface area contributed by atoms with Crippen LogP contribution in [0.2, 0.25) is 0 Å². The molecule has 162 valence electrons. The van der Waals surface area contributed by atoms with Crippen molar-refractivity contribution >= 4 is 0 Å². The monoisotopic (exact) mass is 434 g/mol. The Balaban J connectivity index is 1.78. The first-order valence-corrected chi connectivity index (χ1v) is 9.02. The summed E-state index contributed by atoms with van der Waals surface area (Å²) in [7, 11) is 0. The van der Waals surface area contributed by atoms with E-state index in [4.69, 9.17) is 18.9 Å². The normalized spacial score (nSPS) is 17.1. The van der Waals surface area contributed by atoms with E-state index in [1.807, 2.05) is 0 Å². The van der Waals surface area contributed by atoms with Crippen LogP contribution in [-0.4, -0.2) is 25.9 Å². The zero-order chi connectivity index (χ0) is 21.5. The minimum Gasteiger partial charge on any atom is -0.454 e. The largest absolute Gasteiger partial charge is 0.454 e. The number of hydrogen-bond donors (Lipinski definition) is 0. The van der Waals surface area contributed by atoms with E-state index in [1.54, 1.807) is 0 Å². The van der Waals surface area contributed by atoms with Crippen molar-refractivity contribution < 1.29 is 45.3 Å². The highest BCUT2D eigenvalue weighted by atomic mass is 19.4. The highest BCUT2D eigenvalue weighted by Gasteiger charge is 2.42. The zero-order valence-electron chi connectivity index (χ0n) is 15.3. The summed E-state index contributed by atoms with van der Waals surface area (Å²) in [5.74, 6) is -1.92. The van der Waals surface area contributed by atoms with Gasteiger partial charge in [-0.05, 0) is 47.2 Å². The molecule has 0 N–H and O–H groups in total. The average molecular weight is 434 g/mol. The molecule has 0 amide bonds. The van der Waals surface area contributed by atoms with Crippen LogP contribution in [0.5, 0.6) is 23.0 Å². The van der Waals surface area contributed by atoms with Gasteiger partial charge in [0.25, 0.3) is 0 Å². The fourth-order valence-corrected chi connectivity index (χ4v) is 3.77. The van der Waals surface area contributed by atoms with E-state index < -0.39 is 37.0 Å². The molecule has 4 nitrogen and oxygen atoms in total. The van der Waals surface area contributed by atoms with Crippen LogP contribution in [0.4, 0.5) is 26.3 Å². The second kappa shape index (κ2) is 7.48. The molecule has 0 fully saturated rings. The molecule has 30 heavy (non-hydrogen) atoms. The number of halogens is 6. The van der Waals surface area contributed by atoms with Gasteiger partial charge in [0, 0.05) is 0 Å². The predicted molar refractivity (Wildman–Crippen MR) is 92.0 cm³/mol. The summed E-state index contributed by atoms with van der Waals surface area (Å²) in [6.45, 7) is -0.201. The summed E-state index contributed by atoms with van der Waals surface area (Å²) in [5.41, 5.74) is 0.173. The molecule has 0 saturated heterocycles. The van der Waals surface area contributed by atoms with Gasteiger partial charge in [-0.15, -0.1) is 0 Å². The van der Waals surface area contributed by atoms with Crippen molar-refractivity contribution in [1.29, 1.82) is 0 Å². The van der Waals surface area contributed by atoms with Crippen molar-refractivity contribution in [3.63, 3.8) is 0 Å². The van der Waals surface area contributed by atoms with E-state index in [1.165, 1.54) is 36.4 Å². The Morgan fingerprint density at radius 3 is 1.33 bits per heavy atom. The Labute approximate surface area is 167 Å². The van der Waals surface area contributed by atoms with Gasteiger partial charge in [0.2, 0.25) is 13.6 Å². The molecular weight excluding hydrogens is 418 g/mol. The molecule has 2 aliphatic heterocycles. The number of rotatable bonds is 5. The van der Waals surface area contributed by atoms with Gasteiger partial charge in [0.15, 0.2) is 23.0 Å². The van der Waals surface area contributed by atoms with Crippen LogP contribution in [0, 0.1) is 0 Å². The fourth-order valence-electron chi connectivity index (χ4n) is 3.77. The van der Waals surface area contributed by atoms with Crippen LogP contribution in [-0.2, 0) is 0 Å². The summed E-state index contributed by atoms with van der Waals surface area (Å²) in [5, 5.41) is 0. The van der Waals surface area contributed by atoms with Gasteiger partial charge >= 0.3 is 12.4 Å². The second-order valence-corrected chi connectivity index (χ2v) is 7.08. The van der Waals surface area contributed by atoms with Crippen LogP contribution < -0.4 is 18.9 Å². The van der Waals surface area contributed by atoms with E-state index in [-0.39, 0.29) is 36.2 Å². The van der Waals surface area contributed by atoms with Crippen molar-refractivity contribution in [3.8, 4) is 23.0 Å². The van der Waals surface area contributed by atoms with Crippen LogP contribution in [0.15, 0.2) is 36.4 Å². The fraction of sp³-hybridized carbons (Fsp3) is 0.400. The van der Waals surface area contributed by atoms with Gasteiger partial charge in [-0.25, -0.2) is 0 Å². The number of fused-ring (bicyclic) bond motifs is 2. The molecule has 4 rings (SSSR count). The summed E-state index contributed by atoms with van der Waals surface area (Å²) in [4.78, 5) is 0. The lowest BCUT2D eigenvalue weighted by atomic mass is 9.77. The predicted octanol–water partition coefficient (Wildman–Crippen LogP) is 5.92. The second-order valence-electron chi connectivity index (χ2n) is 7.08. The summed E-state index contributed by atoms with van der Waals surface area (Å²) in [6, 6.07) is 8.14. The van der Waals surface area contributed by atoms with Crippen LogP contribution in [0.25, 0.3) is 0 Å². The van der Waals surface area contributed by atoms with Crippen LogP contribution in [0.1, 0.15) is 35.8 Å². The van der Waals surface area contributed by atoms with E-state index in [2.05, 4.69) is 0 Å². The first-order chi connectivity index (χ1) is 14.1. The molecule has 2 aromatic carbocycles. The Morgan fingerprint density at radius 2 is 0.967 bits per heavy atom. The Morgan fingerprint density at radius 1 is 0.600 bits per heavy atom. The number of alkyl halides is 6. The van der Waals surface area contributed by atoms with Gasteiger partial charge in [0.05, 0.1) is 12.8 Å². The van der Waals surface area contributed by atoms with Gasteiger partial charge in [-0.1, -0.05) is 12.1 Å². The van der Waals surface area contributed by atoms with Gasteiger partial charge in [-0.3, -0.25) is 0 Å². The molecule has 2 aromatic rings. The topological polar surface area (TPSA) is 36.9 Å². The maximum absolute atomic E-state index is 13.4. The van der Waals surface area contributed by atoms with Crippen LogP contribution in [0.3, 0.4) is 0 Å². The maximum Gasteiger partial charge on any atom is 0.389 e. The Kier molecular flexibility index (Phi) is 5.11. The van der Waals surface area contributed by atoms with E-state index >= 15 is 0 Å². The average Bonchev–Trinajstić information content (AvgIpc) is 3.30. The Hall–Kier alpha value is -2.78. The van der Waals surface area contributed by atoms with Crippen molar-refractivity contribution in [1.82, 2.24) is 0 Å². The molecule has 2 aliphatic rings. The number of benzene rings is 2. The standard InChI is InChI=1S/C20H16F6O4/c21-19(22,23)7-13(11-1-3-15-17(5-11)29-9-27-15)14(8-20(24,25)26)12-2-4-16-18(6-12)30-10-28-16/h1-6,13-14H,7-10H2. The van der Waals surface area contributed by atoms with Crippen LogP contribution >= 0.6 is 0 Å². The van der Waals surface area contributed by atoms with Crippen molar-refractivity contribution in [2.75, 3.05) is 13.6 Å². The molecule has 0 aromatic heterocycles. The zero-order valence-corrected chi connectivity index (χ0v) is 15.3. The molecule has 2 heterocycles. The minimum atomic E-state index is -4.68. The highest BCUT2D eigenvalue weighted by molar-refractivity contribution is 5.48. The lowest BCUT2D eigenvalue weighted by molar-refractivity contribution is -0.154. The molecule has 0 saturated carbocycles. The maximum atomic E-state index is 13.4. The molecule has 0 aliphatic carbocycles. The van der Waals surface area contributed by atoms with E-state index in [0.29, 0.717) is 11.5 Å². The first kappa shape index (κ1) is 20.5. The number of ether oxygens (including phenoxy) is 4. The molecule has 10 heteroatoms. The molecule has 2 unspecified atom stereocenters. The lowest BCUT2D eigenvalue weighted by Crippen LogP contribution is -2.24.